The van der Waals surface area contributed by atoms with Crippen molar-refractivity contribution in [1.29, 1.82) is 0 Å². The van der Waals surface area contributed by atoms with Gasteiger partial charge in [-0.05, 0) is 88.0 Å². The maximum absolute atomic E-state index is 12.8. The van der Waals surface area contributed by atoms with E-state index in [0.717, 1.165) is 25.2 Å². The van der Waals surface area contributed by atoms with Crippen molar-refractivity contribution in [1.82, 2.24) is 4.98 Å². The minimum absolute atomic E-state index is 0.00638. The van der Waals surface area contributed by atoms with Crippen LogP contribution in [0.25, 0.3) is 21.7 Å². The molecule has 0 amide bonds. The van der Waals surface area contributed by atoms with Crippen LogP contribution in [0.15, 0.2) is 54.7 Å². The first-order chi connectivity index (χ1) is 13.6. The van der Waals surface area contributed by atoms with E-state index in [9.17, 15) is 4.79 Å². The highest BCUT2D eigenvalue weighted by Gasteiger charge is 2.24. The summed E-state index contributed by atoms with van der Waals surface area (Å²) in [5.74, 6) is 1.37. The molecule has 28 heavy (non-hydrogen) atoms. The lowest BCUT2D eigenvalue weighted by Crippen LogP contribution is -2.11. The number of halogens is 2. The van der Waals surface area contributed by atoms with E-state index in [4.69, 9.17) is 16.3 Å². The highest BCUT2D eigenvalue weighted by atomic mass is 127. The normalized spacial score (nSPS) is 13.9. The van der Waals surface area contributed by atoms with Gasteiger partial charge < -0.3 is 9.72 Å². The molecule has 4 aromatic rings. The Hall–Kier alpha value is -2.05. The van der Waals surface area contributed by atoms with Crippen LogP contribution in [0.2, 0.25) is 5.02 Å². The largest absolute Gasteiger partial charge is 0.484 e. The molecule has 0 radical (unpaired) electrons. The number of carbonyl (C=O) groups is 1. The summed E-state index contributed by atoms with van der Waals surface area (Å²) in [6.45, 7) is 0.00638. The van der Waals surface area contributed by atoms with Gasteiger partial charge in [-0.25, -0.2) is 0 Å². The summed E-state index contributed by atoms with van der Waals surface area (Å²) in [5.41, 5.74) is 3.06. The average Bonchev–Trinajstić information content (AvgIpc) is 3.45. The highest BCUT2D eigenvalue weighted by Crippen LogP contribution is 2.41. The number of aromatic nitrogens is 1. The number of hydrogen-bond acceptors (Lipinski definition) is 2. The van der Waals surface area contributed by atoms with Crippen molar-refractivity contribution >= 4 is 61.7 Å². The van der Waals surface area contributed by atoms with Gasteiger partial charge in [-0.1, -0.05) is 29.8 Å². The topological polar surface area (TPSA) is 42.1 Å². The molecule has 140 valence electrons. The molecule has 3 aromatic carbocycles. The molecule has 5 rings (SSSR count). The molecule has 0 bridgehead atoms. The maximum Gasteiger partial charge on any atom is 0.202 e. The summed E-state index contributed by atoms with van der Waals surface area (Å²) < 4.78 is 6.83. The quantitative estimate of drug-likeness (QED) is 0.244. The van der Waals surface area contributed by atoms with Gasteiger partial charge in [0.2, 0.25) is 5.78 Å². The third-order valence-electron chi connectivity index (χ3n) is 5.27. The van der Waals surface area contributed by atoms with Crippen LogP contribution in [0, 0.1) is 3.57 Å². The Labute approximate surface area is 181 Å². The molecular formula is C23H17ClINO2. The Morgan fingerprint density at radius 3 is 2.79 bits per heavy atom. The van der Waals surface area contributed by atoms with Crippen molar-refractivity contribution in [3.63, 3.8) is 0 Å². The van der Waals surface area contributed by atoms with Crippen LogP contribution in [0.1, 0.15) is 34.7 Å². The van der Waals surface area contributed by atoms with Gasteiger partial charge >= 0.3 is 0 Å². The molecular weight excluding hydrogens is 485 g/mol. The fourth-order valence-corrected chi connectivity index (χ4v) is 4.42. The number of carbonyl (C=O) groups excluding carboxylic acids is 1. The summed E-state index contributed by atoms with van der Waals surface area (Å²) in [4.78, 5) is 16.0. The van der Waals surface area contributed by atoms with Crippen molar-refractivity contribution in [2.24, 2.45) is 0 Å². The molecule has 1 heterocycles. The number of ether oxygens (including phenoxy) is 1. The minimum Gasteiger partial charge on any atom is -0.484 e. The van der Waals surface area contributed by atoms with Crippen LogP contribution in [0.4, 0.5) is 0 Å². The lowest BCUT2D eigenvalue weighted by atomic mass is 10.1. The number of H-pyrrole nitrogens is 1. The zero-order valence-corrected chi connectivity index (χ0v) is 17.9. The summed E-state index contributed by atoms with van der Waals surface area (Å²) in [7, 11) is 0. The van der Waals surface area contributed by atoms with Crippen molar-refractivity contribution in [3.8, 4) is 5.75 Å². The first kappa shape index (κ1) is 18.0. The summed E-state index contributed by atoms with van der Waals surface area (Å²) in [6.07, 6.45) is 4.32. The van der Waals surface area contributed by atoms with Crippen LogP contribution < -0.4 is 4.74 Å². The van der Waals surface area contributed by atoms with Gasteiger partial charge in [0.1, 0.15) is 5.75 Å². The van der Waals surface area contributed by atoms with Crippen molar-refractivity contribution in [2.45, 2.75) is 18.8 Å². The first-order valence-corrected chi connectivity index (χ1v) is 10.7. The standard InChI is InChI=1S/C23H17ClINO2/c24-17-5-3-15-10-23(20(25)8-16(15)7-17)28-12-22(27)19-11-26-21-9-14(13-1-2-13)4-6-18(19)21/h3-11,13,26H,1-2,12H2. The number of hydrogen-bond donors (Lipinski definition) is 1. The molecule has 0 unspecified atom stereocenters. The third kappa shape index (κ3) is 3.40. The van der Waals surface area contributed by atoms with Crippen LogP contribution in [-0.4, -0.2) is 17.4 Å². The number of Topliss-reactive ketones (excluding diaryl/α,β-unsaturated/α-hetero) is 1. The Bertz CT molecular complexity index is 1230. The molecule has 1 fully saturated rings. The SMILES string of the molecule is O=C(COc1cc2ccc(Cl)cc2cc1I)c1c[nH]c2cc(C3CC3)ccc12. The summed E-state index contributed by atoms with van der Waals surface area (Å²) in [6, 6.07) is 16.1. The van der Waals surface area contributed by atoms with E-state index in [1.165, 1.54) is 18.4 Å². The van der Waals surface area contributed by atoms with Crippen LogP contribution in [0.5, 0.6) is 5.75 Å². The Morgan fingerprint density at radius 1 is 1.11 bits per heavy atom. The van der Waals surface area contributed by atoms with E-state index in [2.05, 4.69) is 45.8 Å². The van der Waals surface area contributed by atoms with Crippen LogP contribution in [-0.2, 0) is 0 Å². The van der Waals surface area contributed by atoms with Crippen LogP contribution >= 0.6 is 34.2 Å². The zero-order valence-electron chi connectivity index (χ0n) is 15.0. The van der Waals surface area contributed by atoms with Crippen molar-refractivity contribution in [3.05, 3.63) is 74.4 Å². The van der Waals surface area contributed by atoms with Gasteiger partial charge in [-0.3, -0.25) is 4.79 Å². The smallest absolute Gasteiger partial charge is 0.202 e. The number of aromatic amines is 1. The van der Waals surface area contributed by atoms with Gasteiger partial charge in [-0.2, -0.15) is 0 Å². The Balaban J connectivity index is 1.37. The lowest BCUT2D eigenvalue weighted by molar-refractivity contribution is 0.0922. The van der Waals surface area contributed by atoms with Gasteiger partial charge in [0.25, 0.3) is 0 Å². The molecule has 3 nitrogen and oxygen atoms in total. The van der Waals surface area contributed by atoms with E-state index in [-0.39, 0.29) is 12.4 Å². The minimum atomic E-state index is -0.0302. The Kier molecular flexibility index (Phi) is 4.56. The molecule has 1 aromatic heterocycles. The molecule has 1 aliphatic rings. The van der Waals surface area contributed by atoms with Crippen LogP contribution in [0.3, 0.4) is 0 Å². The molecule has 1 aliphatic carbocycles. The number of benzene rings is 3. The number of nitrogens with one attached hydrogen (secondary N) is 1. The molecule has 1 saturated carbocycles. The number of rotatable bonds is 5. The van der Waals surface area contributed by atoms with E-state index in [1.807, 2.05) is 30.3 Å². The second kappa shape index (κ2) is 7.08. The van der Waals surface area contributed by atoms with Gasteiger partial charge in [0, 0.05) is 27.7 Å². The first-order valence-electron chi connectivity index (χ1n) is 9.24. The van der Waals surface area contributed by atoms with Crippen molar-refractivity contribution in [2.75, 3.05) is 6.61 Å². The number of ketones is 1. The second-order valence-electron chi connectivity index (χ2n) is 7.27. The maximum atomic E-state index is 12.8. The number of fused-ring (bicyclic) bond motifs is 2. The fourth-order valence-electron chi connectivity index (χ4n) is 3.60. The van der Waals surface area contributed by atoms with Crippen molar-refractivity contribution < 1.29 is 9.53 Å². The molecule has 0 aliphatic heterocycles. The second-order valence-corrected chi connectivity index (χ2v) is 8.87. The lowest BCUT2D eigenvalue weighted by Gasteiger charge is -2.09. The molecule has 0 atom stereocenters. The third-order valence-corrected chi connectivity index (χ3v) is 6.34. The Morgan fingerprint density at radius 2 is 1.96 bits per heavy atom. The van der Waals surface area contributed by atoms with E-state index in [1.54, 1.807) is 6.20 Å². The predicted molar refractivity (Wildman–Crippen MR) is 122 cm³/mol. The van der Waals surface area contributed by atoms with E-state index in [0.29, 0.717) is 22.3 Å². The fraction of sp³-hybridized carbons (Fsp3) is 0.174. The van der Waals surface area contributed by atoms with Gasteiger partial charge in [-0.15, -0.1) is 0 Å². The van der Waals surface area contributed by atoms with E-state index < -0.39 is 0 Å². The van der Waals surface area contributed by atoms with Gasteiger partial charge in [0.15, 0.2) is 6.61 Å². The molecule has 5 heteroatoms. The van der Waals surface area contributed by atoms with E-state index >= 15 is 0 Å². The van der Waals surface area contributed by atoms with Gasteiger partial charge in [0.05, 0.1) is 3.57 Å². The predicted octanol–water partition coefficient (Wildman–Crippen LogP) is 6.72. The zero-order chi connectivity index (χ0) is 19.3. The highest BCUT2D eigenvalue weighted by molar-refractivity contribution is 14.1. The molecule has 0 spiro atoms. The molecule has 1 N–H and O–H groups in total. The summed E-state index contributed by atoms with van der Waals surface area (Å²) in [5, 5.41) is 3.75. The average molecular weight is 502 g/mol. The summed E-state index contributed by atoms with van der Waals surface area (Å²) >= 11 is 8.29. The molecule has 0 saturated heterocycles. The monoisotopic (exact) mass is 501 g/mol.